The van der Waals surface area contributed by atoms with Crippen LogP contribution < -0.4 is 0 Å². The van der Waals surface area contributed by atoms with Crippen molar-refractivity contribution < 1.29 is 4.79 Å². The van der Waals surface area contributed by atoms with Crippen LogP contribution >= 0.6 is 35.0 Å². The summed E-state index contributed by atoms with van der Waals surface area (Å²) in [6.45, 7) is 2.04. The molecule has 0 atom stereocenters. The van der Waals surface area contributed by atoms with E-state index in [-0.39, 0.29) is 5.78 Å². The maximum atomic E-state index is 12.0. The fourth-order valence-corrected chi connectivity index (χ4v) is 3.17. The highest BCUT2D eigenvalue weighted by molar-refractivity contribution is 8.00. The second-order valence-corrected chi connectivity index (χ2v) is 6.37. The van der Waals surface area contributed by atoms with Gasteiger partial charge in [0.25, 0.3) is 0 Å². The monoisotopic (exact) mass is 324 g/mol. The van der Waals surface area contributed by atoms with Crippen molar-refractivity contribution >= 4 is 40.7 Å². The van der Waals surface area contributed by atoms with Crippen LogP contribution in [-0.4, -0.2) is 11.5 Å². The average molecular weight is 325 g/mol. The van der Waals surface area contributed by atoms with Crippen molar-refractivity contribution in [3.05, 3.63) is 63.6 Å². The van der Waals surface area contributed by atoms with Gasteiger partial charge in [-0.25, -0.2) is 0 Å². The lowest BCUT2D eigenvalue weighted by atomic mass is 10.1. The van der Waals surface area contributed by atoms with Gasteiger partial charge in [-0.1, -0.05) is 47.5 Å². The molecule has 104 valence electrons. The van der Waals surface area contributed by atoms with Crippen molar-refractivity contribution in [3.63, 3.8) is 0 Å². The summed E-state index contributed by atoms with van der Waals surface area (Å²) in [5.74, 6) is 0.603. The molecule has 0 amide bonds. The number of carbonyl (C=O) groups is 1. The van der Waals surface area contributed by atoms with Crippen molar-refractivity contribution in [3.8, 4) is 0 Å². The van der Waals surface area contributed by atoms with Gasteiger partial charge in [-0.15, -0.1) is 11.8 Å². The largest absolute Gasteiger partial charge is 0.298 e. The summed E-state index contributed by atoms with van der Waals surface area (Å²) in [6, 6.07) is 13.3. The average Bonchev–Trinajstić information content (AvgIpc) is 2.41. The van der Waals surface area contributed by atoms with E-state index in [0.29, 0.717) is 22.2 Å². The Morgan fingerprint density at radius 1 is 1.15 bits per heavy atom. The Morgan fingerprint density at radius 2 is 1.90 bits per heavy atom. The van der Waals surface area contributed by atoms with Crippen molar-refractivity contribution in [2.45, 2.75) is 18.2 Å². The molecule has 0 bridgehead atoms. The number of hydrogen-bond donors (Lipinski definition) is 0. The molecule has 0 heterocycles. The molecule has 2 aromatic carbocycles. The highest BCUT2D eigenvalue weighted by atomic mass is 35.5. The zero-order valence-electron chi connectivity index (χ0n) is 11.0. The van der Waals surface area contributed by atoms with Gasteiger partial charge < -0.3 is 0 Å². The summed E-state index contributed by atoms with van der Waals surface area (Å²) in [7, 11) is 0. The highest BCUT2D eigenvalue weighted by Gasteiger charge is 2.09. The Morgan fingerprint density at radius 3 is 2.60 bits per heavy atom. The molecule has 0 saturated heterocycles. The molecule has 20 heavy (non-hydrogen) atoms. The minimum absolute atomic E-state index is 0.155. The fraction of sp³-hybridized carbons (Fsp3) is 0.188. The number of hydrogen-bond acceptors (Lipinski definition) is 2. The van der Waals surface area contributed by atoms with Crippen molar-refractivity contribution in [2.75, 3.05) is 5.75 Å². The number of Topliss-reactive ketones (excluding diaryl/α,β-unsaturated/α-hetero) is 1. The molecule has 0 aromatic heterocycles. The Bertz CT molecular complexity index is 626. The molecule has 0 aliphatic heterocycles. The minimum atomic E-state index is 0.155. The number of thioether (sulfide) groups is 1. The second-order valence-electron chi connectivity index (χ2n) is 4.51. The van der Waals surface area contributed by atoms with E-state index in [1.807, 2.05) is 31.2 Å². The summed E-state index contributed by atoms with van der Waals surface area (Å²) in [6.07, 6.45) is 0.342. The zero-order valence-corrected chi connectivity index (χ0v) is 13.4. The van der Waals surface area contributed by atoms with Crippen LogP contribution in [0.4, 0.5) is 0 Å². The van der Waals surface area contributed by atoms with Gasteiger partial charge in [0.15, 0.2) is 0 Å². The number of benzene rings is 2. The van der Waals surface area contributed by atoms with Crippen LogP contribution in [0.3, 0.4) is 0 Å². The second kappa shape index (κ2) is 7.16. The number of aryl methyl sites for hydroxylation is 1. The van der Waals surface area contributed by atoms with E-state index >= 15 is 0 Å². The predicted molar refractivity (Wildman–Crippen MR) is 87.1 cm³/mol. The third-order valence-corrected chi connectivity index (χ3v) is 4.71. The van der Waals surface area contributed by atoms with E-state index in [2.05, 4.69) is 0 Å². The molecular weight excluding hydrogens is 311 g/mol. The predicted octanol–water partition coefficient (Wildman–Crippen LogP) is 5.21. The van der Waals surface area contributed by atoms with Crippen LogP contribution in [0.25, 0.3) is 0 Å². The summed E-state index contributed by atoms with van der Waals surface area (Å²) in [4.78, 5) is 13.2. The van der Waals surface area contributed by atoms with Crippen LogP contribution in [0.5, 0.6) is 0 Å². The van der Waals surface area contributed by atoms with Crippen LogP contribution in [0.15, 0.2) is 47.4 Å². The van der Waals surface area contributed by atoms with Gasteiger partial charge in [0.2, 0.25) is 0 Å². The van der Waals surface area contributed by atoms with E-state index in [9.17, 15) is 4.79 Å². The molecule has 2 aromatic rings. The van der Waals surface area contributed by atoms with Crippen LogP contribution in [0.2, 0.25) is 10.0 Å². The van der Waals surface area contributed by atoms with E-state index in [1.54, 1.807) is 30.0 Å². The summed E-state index contributed by atoms with van der Waals surface area (Å²) < 4.78 is 0. The number of carbonyl (C=O) groups excluding carboxylic acids is 1. The number of halogens is 2. The van der Waals surface area contributed by atoms with Gasteiger partial charge in [0.05, 0.1) is 5.75 Å². The maximum absolute atomic E-state index is 12.0. The Balaban J connectivity index is 1.94. The first kappa shape index (κ1) is 15.4. The molecule has 0 spiro atoms. The van der Waals surface area contributed by atoms with Crippen LogP contribution in [0.1, 0.15) is 11.1 Å². The molecule has 0 radical (unpaired) electrons. The number of ketones is 1. The van der Waals surface area contributed by atoms with Gasteiger partial charge in [-0.05, 0) is 36.2 Å². The Hall–Kier alpha value is -0.960. The van der Waals surface area contributed by atoms with E-state index < -0.39 is 0 Å². The topological polar surface area (TPSA) is 17.1 Å². The first-order chi connectivity index (χ1) is 9.56. The first-order valence-corrected chi connectivity index (χ1v) is 7.94. The summed E-state index contributed by atoms with van der Waals surface area (Å²) >= 11 is 13.5. The van der Waals surface area contributed by atoms with Crippen LogP contribution in [-0.2, 0) is 11.2 Å². The van der Waals surface area contributed by atoms with Gasteiger partial charge in [-0.2, -0.15) is 0 Å². The molecule has 0 aliphatic carbocycles. The lowest BCUT2D eigenvalue weighted by Crippen LogP contribution is -2.06. The van der Waals surface area contributed by atoms with Gasteiger partial charge >= 0.3 is 0 Å². The van der Waals surface area contributed by atoms with Crippen molar-refractivity contribution in [2.24, 2.45) is 0 Å². The zero-order chi connectivity index (χ0) is 14.5. The minimum Gasteiger partial charge on any atom is -0.298 e. The lowest BCUT2D eigenvalue weighted by molar-refractivity contribution is -0.116. The van der Waals surface area contributed by atoms with E-state index in [0.717, 1.165) is 10.5 Å². The van der Waals surface area contributed by atoms with Crippen LogP contribution in [0, 0.1) is 6.92 Å². The summed E-state index contributed by atoms with van der Waals surface area (Å²) in [5, 5.41) is 1.13. The van der Waals surface area contributed by atoms with E-state index in [1.165, 1.54) is 5.56 Å². The molecule has 0 unspecified atom stereocenters. The smallest absolute Gasteiger partial charge is 0.147 e. The van der Waals surface area contributed by atoms with Crippen molar-refractivity contribution in [1.82, 2.24) is 0 Å². The molecule has 1 nitrogen and oxygen atoms in total. The van der Waals surface area contributed by atoms with Crippen molar-refractivity contribution in [1.29, 1.82) is 0 Å². The van der Waals surface area contributed by atoms with Gasteiger partial charge in [0, 0.05) is 21.4 Å². The molecule has 0 saturated carbocycles. The Labute approximate surface area is 133 Å². The summed E-state index contributed by atoms with van der Waals surface area (Å²) in [5.41, 5.74) is 2.02. The fourth-order valence-electron chi connectivity index (χ4n) is 1.81. The first-order valence-electron chi connectivity index (χ1n) is 6.20. The molecule has 2 rings (SSSR count). The number of rotatable bonds is 5. The maximum Gasteiger partial charge on any atom is 0.147 e. The SMILES string of the molecule is Cc1ccccc1SCC(=O)Cc1ccc(Cl)cc1Cl. The molecule has 4 heteroatoms. The molecule has 0 fully saturated rings. The quantitative estimate of drug-likeness (QED) is 0.702. The third kappa shape index (κ3) is 4.27. The highest BCUT2D eigenvalue weighted by Crippen LogP contribution is 2.24. The van der Waals surface area contributed by atoms with Gasteiger partial charge in [-0.3, -0.25) is 4.79 Å². The standard InChI is InChI=1S/C16H14Cl2OS/c1-11-4-2-3-5-16(11)20-10-14(19)8-12-6-7-13(17)9-15(12)18/h2-7,9H,8,10H2,1H3. The van der Waals surface area contributed by atoms with E-state index in [4.69, 9.17) is 23.2 Å². The van der Waals surface area contributed by atoms with Gasteiger partial charge in [0.1, 0.15) is 5.78 Å². The molecule has 0 aliphatic rings. The normalized spacial score (nSPS) is 10.6. The Kier molecular flexibility index (Phi) is 5.53. The lowest BCUT2D eigenvalue weighted by Gasteiger charge is -2.06. The molecular formula is C16H14Cl2OS. The third-order valence-electron chi connectivity index (χ3n) is 2.88. The molecule has 0 N–H and O–H groups in total.